The summed E-state index contributed by atoms with van der Waals surface area (Å²) in [7, 11) is 2.98. The minimum Gasteiger partial charge on any atom is -0.497 e. The number of hydrogen-bond acceptors (Lipinski definition) is 7. The van der Waals surface area contributed by atoms with Crippen LogP contribution in [0.1, 0.15) is 50.1 Å². The fraction of sp³-hybridized carbons (Fsp3) is 0.480. The molecular weight excluding hydrogens is 491 g/mol. The molecule has 12 heteroatoms. The van der Waals surface area contributed by atoms with E-state index in [1.165, 1.54) is 23.8 Å². The molecule has 1 amide bonds. The van der Waals surface area contributed by atoms with Gasteiger partial charge >= 0.3 is 12.3 Å². The van der Waals surface area contributed by atoms with Crippen molar-refractivity contribution in [2.45, 2.75) is 45.0 Å². The standard InChI is InChI=1S/C25H28F3N5O4/c1-24(2,3)37-23(34)32-9-8-17(14-32)33-22(30-15-25(26,27)28)20(13-29)21(31-33)7-6-16-10-18(35-4)12-19(11-16)36-5/h10-12,17,30H,8-9,14-15H2,1-5H3. The number of carbonyl (C=O) groups excluding carboxylic acids is 1. The lowest BCUT2D eigenvalue weighted by atomic mass is 10.2. The lowest BCUT2D eigenvalue weighted by Gasteiger charge is -2.24. The maximum atomic E-state index is 13.0. The van der Waals surface area contributed by atoms with Crippen molar-refractivity contribution in [3.63, 3.8) is 0 Å². The first kappa shape index (κ1) is 27.5. The molecule has 1 N–H and O–H groups in total. The van der Waals surface area contributed by atoms with Gasteiger partial charge in [-0.25, -0.2) is 9.48 Å². The van der Waals surface area contributed by atoms with Gasteiger partial charge in [0.25, 0.3) is 0 Å². The smallest absolute Gasteiger partial charge is 0.410 e. The molecule has 1 aromatic carbocycles. The third kappa shape index (κ3) is 7.23. The van der Waals surface area contributed by atoms with E-state index in [2.05, 4.69) is 22.3 Å². The summed E-state index contributed by atoms with van der Waals surface area (Å²) in [5.41, 5.74) is -0.316. The Morgan fingerprint density at radius 2 is 1.81 bits per heavy atom. The third-order valence-corrected chi connectivity index (χ3v) is 5.32. The number of anilines is 1. The molecule has 1 saturated heterocycles. The fourth-order valence-corrected chi connectivity index (χ4v) is 3.69. The summed E-state index contributed by atoms with van der Waals surface area (Å²) in [4.78, 5) is 14.0. The van der Waals surface area contributed by atoms with Crippen molar-refractivity contribution in [3.05, 3.63) is 35.0 Å². The van der Waals surface area contributed by atoms with Crippen LogP contribution in [0.25, 0.3) is 0 Å². The molecule has 0 spiro atoms. The zero-order valence-electron chi connectivity index (χ0n) is 21.2. The maximum Gasteiger partial charge on any atom is 0.410 e. The van der Waals surface area contributed by atoms with Crippen LogP contribution >= 0.6 is 0 Å². The largest absolute Gasteiger partial charge is 0.497 e. The highest BCUT2D eigenvalue weighted by atomic mass is 19.4. The summed E-state index contributed by atoms with van der Waals surface area (Å²) in [5.74, 6) is 6.54. The van der Waals surface area contributed by atoms with Crippen LogP contribution in [0.5, 0.6) is 11.5 Å². The van der Waals surface area contributed by atoms with E-state index >= 15 is 0 Å². The number of nitrogens with one attached hydrogen (secondary N) is 1. The minimum atomic E-state index is -4.52. The molecule has 0 bridgehead atoms. The molecule has 2 aromatic rings. The number of nitriles is 1. The molecule has 1 unspecified atom stereocenters. The van der Waals surface area contributed by atoms with Crippen LogP contribution in [0.2, 0.25) is 0 Å². The molecule has 9 nitrogen and oxygen atoms in total. The van der Waals surface area contributed by atoms with E-state index < -0.39 is 30.5 Å². The molecule has 1 atom stereocenters. The van der Waals surface area contributed by atoms with E-state index in [9.17, 15) is 23.2 Å². The monoisotopic (exact) mass is 519 g/mol. The molecule has 0 radical (unpaired) electrons. The van der Waals surface area contributed by atoms with Crippen LogP contribution < -0.4 is 14.8 Å². The number of rotatable bonds is 5. The third-order valence-electron chi connectivity index (χ3n) is 5.32. The Hall–Kier alpha value is -4.06. The van der Waals surface area contributed by atoms with E-state index in [0.29, 0.717) is 30.0 Å². The van der Waals surface area contributed by atoms with E-state index in [0.717, 1.165) is 0 Å². The van der Waals surface area contributed by atoms with E-state index in [1.54, 1.807) is 39.0 Å². The predicted molar refractivity (Wildman–Crippen MR) is 128 cm³/mol. The van der Waals surface area contributed by atoms with E-state index in [-0.39, 0.29) is 23.6 Å². The van der Waals surface area contributed by atoms with Crippen LogP contribution in [0.4, 0.5) is 23.8 Å². The first-order valence-corrected chi connectivity index (χ1v) is 11.4. The van der Waals surface area contributed by atoms with Crippen molar-refractivity contribution in [3.8, 4) is 29.4 Å². The van der Waals surface area contributed by atoms with Crippen LogP contribution in [0.3, 0.4) is 0 Å². The van der Waals surface area contributed by atoms with E-state index in [1.807, 2.05) is 6.07 Å². The summed E-state index contributed by atoms with van der Waals surface area (Å²) in [6.45, 7) is 4.34. The van der Waals surface area contributed by atoms with Gasteiger partial charge in [0.15, 0.2) is 5.69 Å². The van der Waals surface area contributed by atoms with Crippen LogP contribution in [0, 0.1) is 23.2 Å². The first-order valence-electron chi connectivity index (χ1n) is 11.4. The van der Waals surface area contributed by atoms with Crippen LogP contribution in [-0.4, -0.2) is 66.4 Å². The minimum absolute atomic E-state index is 0.00433. The number of aromatic nitrogens is 2. The number of methoxy groups -OCH3 is 2. The Bertz CT molecular complexity index is 1230. The number of carbonyl (C=O) groups is 1. The van der Waals surface area contributed by atoms with Gasteiger partial charge in [-0.15, -0.1) is 0 Å². The normalized spacial score (nSPS) is 15.4. The number of likely N-dealkylation sites (tertiary alicyclic amines) is 1. The van der Waals surface area contributed by atoms with Gasteiger partial charge in [-0.3, -0.25) is 0 Å². The van der Waals surface area contributed by atoms with Crippen LogP contribution in [0.15, 0.2) is 18.2 Å². The van der Waals surface area contributed by atoms with Gasteiger partial charge in [0, 0.05) is 24.7 Å². The number of amides is 1. The summed E-state index contributed by atoms with van der Waals surface area (Å²) in [6.07, 6.45) is -4.64. The van der Waals surface area contributed by atoms with Gasteiger partial charge in [0.1, 0.15) is 41.1 Å². The number of halogens is 3. The fourth-order valence-electron chi connectivity index (χ4n) is 3.69. The van der Waals surface area contributed by atoms with Gasteiger partial charge in [-0.2, -0.15) is 23.5 Å². The van der Waals surface area contributed by atoms with Crippen molar-refractivity contribution in [2.24, 2.45) is 0 Å². The lowest BCUT2D eigenvalue weighted by molar-refractivity contribution is -0.115. The second-order valence-electron chi connectivity index (χ2n) is 9.32. The average Bonchev–Trinajstić information content (AvgIpc) is 3.44. The Morgan fingerprint density at radius 1 is 1.16 bits per heavy atom. The van der Waals surface area contributed by atoms with Gasteiger partial charge in [0.05, 0.1) is 20.3 Å². The molecule has 3 rings (SSSR count). The summed E-state index contributed by atoms with van der Waals surface area (Å²) < 4.78 is 56.3. The summed E-state index contributed by atoms with van der Waals surface area (Å²) >= 11 is 0. The number of benzene rings is 1. The zero-order chi connectivity index (χ0) is 27.4. The molecule has 1 aliphatic heterocycles. The number of nitrogens with zero attached hydrogens (tertiary/aromatic N) is 4. The van der Waals surface area contributed by atoms with Gasteiger partial charge in [-0.1, -0.05) is 5.92 Å². The highest BCUT2D eigenvalue weighted by Gasteiger charge is 2.35. The molecule has 1 aliphatic rings. The van der Waals surface area contributed by atoms with Crippen molar-refractivity contribution in [2.75, 3.05) is 39.2 Å². The van der Waals surface area contributed by atoms with Gasteiger partial charge < -0.3 is 24.4 Å². The topological polar surface area (TPSA) is 102 Å². The molecule has 2 heterocycles. The Labute approximate surface area is 213 Å². The Morgan fingerprint density at radius 3 is 2.35 bits per heavy atom. The van der Waals surface area contributed by atoms with Gasteiger partial charge in [-0.05, 0) is 45.2 Å². The molecule has 198 valence electrons. The molecular formula is C25H28F3N5O4. The Kier molecular flexibility index (Phi) is 8.12. The van der Waals surface area contributed by atoms with Crippen molar-refractivity contribution < 1.29 is 32.2 Å². The predicted octanol–water partition coefficient (Wildman–Crippen LogP) is 4.33. The quantitative estimate of drug-likeness (QED) is 0.587. The highest BCUT2D eigenvalue weighted by Crippen LogP contribution is 2.31. The van der Waals surface area contributed by atoms with Crippen molar-refractivity contribution >= 4 is 11.9 Å². The Balaban J connectivity index is 1.98. The van der Waals surface area contributed by atoms with Crippen molar-refractivity contribution in [1.82, 2.24) is 14.7 Å². The second-order valence-corrected chi connectivity index (χ2v) is 9.32. The lowest BCUT2D eigenvalue weighted by Crippen LogP contribution is -2.35. The molecule has 1 fully saturated rings. The van der Waals surface area contributed by atoms with Crippen molar-refractivity contribution in [1.29, 1.82) is 5.26 Å². The summed E-state index contributed by atoms with van der Waals surface area (Å²) in [5, 5.41) is 16.5. The number of hydrogen-bond donors (Lipinski definition) is 1. The molecule has 0 aliphatic carbocycles. The SMILES string of the molecule is COc1cc(C#Cc2nn(C3CCN(C(=O)OC(C)(C)C)C3)c(NCC(F)(F)F)c2C#N)cc(OC)c1. The second kappa shape index (κ2) is 10.9. The molecule has 1 aromatic heterocycles. The average molecular weight is 520 g/mol. The first-order chi connectivity index (χ1) is 17.3. The van der Waals surface area contributed by atoms with Crippen LogP contribution in [-0.2, 0) is 4.74 Å². The summed E-state index contributed by atoms with van der Waals surface area (Å²) in [6, 6.07) is 6.40. The number of alkyl halides is 3. The maximum absolute atomic E-state index is 13.0. The zero-order valence-corrected chi connectivity index (χ0v) is 21.2. The molecule has 37 heavy (non-hydrogen) atoms. The van der Waals surface area contributed by atoms with E-state index in [4.69, 9.17) is 14.2 Å². The number of ether oxygens (including phenoxy) is 3. The van der Waals surface area contributed by atoms with Gasteiger partial charge in [0.2, 0.25) is 0 Å². The molecule has 0 saturated carbocycles. The highest BCUT2D eigenvalue weighted by molar-refractivity contribution is 5.68.